The maximum Gasteiger partial charge on any atom is 0.251 e. The van der Waals surface area contributed by atoms with Crippen LogP contribution in [0.1, 0.15) is 18.2 Å². The number of nitrogens with one attached hydrogen (secondary N) is 2. The lowest BCUT2D eigenvalue weighted by atomic mass is 10.1. The minimum absolute atomic E-state index is 0.116. The second kappa shape index (κ2) is 5.60. The van der Waals surface area contributed by atoms with Crippen molar-refractivity contribution in [1.29, 1.82) is 0 Å². The van der Waals surface area contributed by atoms with E-state index in [1.54, 1.807) is 0 Å². The van der Waals surface area contributed by atoms with Crippen molar-refractivity contribution in [3.63, 3.8) is 0 Å². The smallest absolute Gasteiger partial charge is 0.251 e. The van der Waals surface area contributed by atoms with E-state index >= 15 is 0 Å². The molecule has 0 aliphatic heterocycles. The van der Waals surface area contributed by atoms with Gasteiger partial charge in [-0.15, -0.1) is 0 Å². The fraction of sp³-hybridized carbons (Fsp3) is 0.286. The van der Waals surface area contributed by atoms with Crippen molar-refractivity contribution in [2.45, 2.75) is 20.4 Å². The quantitative estimate of drug-likeness (QED) is 0.861. The molecule has 4 nitrogen and oxygen atoms in total. The van der Waals surface area contributed by atoms with Gasteiger partial charge in [-0.2, -0.15) is 0 Å². The molecule has 2 rings (SSSR count). The molecule has 0 amide bonds. The van der Waals surface area contributed by atoms with Crippen molar-refractivity contribution in [1.82, 2.24) is 15.3 Å². The van der Waals surface area contributed by atoms with Gasteiger partial charge in [-0.25, -0.2) is 4.98 Å². The number of nitrogens with zero attached hydrogens (tertiary/aromatic N) is 1. The summed E-state index contributed by atoms with van der Waals surface area (Å²) in [5.74, 6) is 0.624. The molecule has 0 unspecified atom stereocenters. The van der Waals surface area contributed by atoms with E-state index in [-0.39, 0.29) is 5.56 Å². The Hall–Kier alpha value is -1.94. The van der Waals surface area contributed by atoms with E-state index in [1.165, 1.54) is 6.07 Å². The first kappa shape index (κ1) is 12.5. The first-order chi connectivity index (χ1) is 8.69. The van der Waals surface area contributed by atoms with Crippen molar-refractivity contribution in [3.8, 4) is 11.4 Å². The molecule has 94 valence electrons. The van der Waals surface area contributed by atoms with E-state index in [0.29, 0.717) is 12.4 Å². The molecule has 0 aliphatic carbocycles. The largest absolute Gasteiger partial charge is 0.311 e. The maximum atomic E-state index is 11.6. The van der Waals surface area contributed by atoms with Gasteiger partial charge < -0.3 is 10.3 Å². The summed E-state index contributed by atoms with van der Waals surface area (Å²) in [6, 6.07) is 9.46. The van der Waals surface area contributed by atoms with Crippen LogP contribution in [-0.4, -0.2) is 16.5 Å². The molecule has 0 atom stereocenters. The SMILES string of the molecule is CCNCc1cc(=O)[nH]c(-c2cccc(C)c2)n1. The Morgan fingerprint density at radius 2 is 2.17 bits per heavy atom. The Morgan fingerprint density at radius 1 is 1.33 bits per heavy atom. The molecule has 0 bridgehead atoms. The molecule has 0 spiro atoms. The third-order valence-electron chi connectivity index (χ3n) is 2.64. The van der Waals surface area contributed by atoms with Gasteiger partial charge in [0.2, 0.25) is 0 Å². The van der Waals surface area contributed by atoms with Gasteiger partial charge in [0.25, 0.3) is 5.56 Å². The first-order valence-corrected chi connectivity index (χ1v) is 6.07. The summed E-state index contributed by atoms with van der Waals surface area (Å²) in [7, 11) is 0. The number of aromatic nitrogens is 2. The number of hydrogen-bond donors (Lipinski definition) is 2. The molecule has 0 saturated carbocycles. The lowest BCUT2D eigenvalue weighted by Crippen LogP contribution is -2.17. The molecular weight excluding hydrogens is 226 g/mol. The lowest BCUT2D eigenvalue weighted by molar-refractivity contribution is 0.708. The molecule has 18 heavy (non-hydrogen) atoms. The standard InChI is InChI=1S/C14H17N3O/c1-3-15-9-12-8-13(18)17-14(16-12)11-6-4-5-10(2)7-11/h4-8,15H,3,9H2,1-2H3,(H,16,17,18). The highest BCUT2D eigenvalue weighted by atomic mass is 16.1. The predicted molar refractivity (Wildman–Crippen MR) is 72.4 cm³/mol. The first-order valence-electron chi connectivity index (χ1n) is 6.07. The third kappa shape index (κ3) is 3.05. The average Bonchev–Trinajstić information content (AvgIpc) is 2.36. The minimum Gasteiger partial charge on any atom is -0.311 e. The van der Waals surface area contributed by atoms with E-state index in [1.807, 2.05) is 38.1 Å². The summed E-state index contributed by atoms with van der Waals surface area (Å²) in [4.78, 5) is 18.8. The highest BCUT2D eigenvalue weighted by Crippen LogP contribution is 2.14. The van der Waals surface area contributed by atoms with Crippen LogP contribution < -0.4 is 10.9 Å². The van der Waals surface area contributed by atoms with Crippen molar-refractivity contribution in [2.75, 3.05) is 6.54 Å². The molecule has 2 aromatic rings. The summed E-state index contributed by atoms with van der Waals surface area (Å²) in [5, 5.41) is 3.17. The van der Waals surface area contributed by atoms with Crippen LogP contribution in [0.25, 0.3) is 11.4 Å². The molecular formula is C14H17N3O. The summed E-state index contributed by atoms with van der Waals surface area (Å²) >= 11 is 0. The minimum atomic E-state index is -0.116. The number of hydrogen-bond acceptors (Lipinski definition) is 3. The number of rotatable bonds is 4. The normalized spacial score (nSPS) is 10.6. The zero-order chi connectivity index (χ0) is 13.0. The van der Waals surface area contributed by atoms with E-state index in [0.717, 1.165) is 23.4 Å². The highest BCUT2D eigenvalue weighted by molar-refractivity contribution is 5.55. The number of aryl methyl sites for hydroxylation is 1. The Labute approximate surface area is 106 Å². The van der Waals surface area contributed by atoms with Gasteiger partial charge in [0.05, 0.1) is 5.69 Å². The Kier molecular flexibility index (Phi) is 3.89. The van der Waals surface area contributed by atoms with E-state index in [4.69, 9.17) is 0 Å². The Bertz CT molecular complexity index is 590. The second-order valence-corrected chi connectivity index (χ2v) is 4.24. The molecule has 0 aliphatic rings. The number of benzene rings is 1. The van der Waals surface area contributed by atoms with Crippen LogP contribution in [0, 0.1) is 6.92 Å². The van der Waals surface area contributed by atoms with Crippen LogP contribution in [0.5, 0.6) is 0 Å². The van der Waals surface area contributed by atoms with Gasteiger partial charge in [0.1, 0.15) is 5.82 Å². The summed E-state index contributed by atoms with van der Waals surface area (Å²) in [5.41, 5.74) is 2.73. The number of H-pyrrole nitrogens is 1. The maximum absolute atomic E-state index is 11.6. The summed E-state index contributed by atoms with van der Waals surface area (Å²) < 4.78 is 0. The van der Waals surface area contributed by atoms with Crippen LogP contribution >= 0.6 is 0 Å². The highest BCUT2D eigenvalue weighted by Gasteiger charge is 2.03. The molecule has 4 heteroatoms. The summed E-state index contributed by atoms with van der Waals surface area (Å²) in [6.45, 7) is 5.51. The fourth-order valence-corrected chi connectivity index (χ4v) is 1.78. The van der Waals surface area contributed by atoms with E-state index in [2.05, 4.69) is 15.3 Å². The Morgan fingerprint density at radius 3 is 2.89 bits per heavy atom. The Balaban J connectivity index is 2.38. The molecule has 1 aromatic heterocycles. The molecule has 0 fully saturated rings. The van der Waals surface area contributed by atoms with Crippen LogP contribution in [0.15, 0.2) is 35.1 Å². The zero-order valence-corrected chi connectivity index (χ0v) is 10.7. The zero-order valence-electron chi connectivity index (χ0n) is 10.7. The fourth-order valence-electron chi connectivity index (χ4n) is 1.78. The van der Waals surface area contributed by atoms with Gasteiger partial charge >= 0.3 is 0 Å². The van der Waals surface area contributed by atoms with Gasteiger partial charge in [-0.05, 0) is 19.5 Å². The second-order valence-electron chi connectivity index (χ2n) is 4.24. The molecule has 0 saturated heterocycles. The topological polar surface area (TPSA) is 57.8 Å². The van der Waals surface area contributed by atoms with Gasteiger partial charge in [-0.1, -0.05) is 30.7 Å². The van der Waals surface area contributed by atoms with Gasteiger partial charge in [0, 0.05) is 18.2 Å². The number of aromatic amines is 1. The van der Waals surface area contributed by atoms with Crippen molar-refractivity contribution >= 4 is 0 Å². The molecule has 2 N–H and O–H groups in total. The van der Waals surface area contributed by atoms with Crippen LogP contribution in [0.2, 0.25) is 0 Å². The lowest BCUT2D eigenvalue weighted by Gasteiger charge is -2.05. The third-order valence-corrected chi connectivity index (χ3v) is 2.64. The van der Waals surface area contributed by atoms with Crippen LogP contribution in [0.4, 0.5) is 0 Å². The molecule has 1 heterocycles. The van der Waals surface area contributed by atoms with Crippen molar-refractivity contribution in [2.24, 2.45) is 0 Å². The van der Waals surface area contributed by atoms with Gasteiger partial charge in [0.15, 0.2) is 0 Å². The predicted octanol–water partition coefficient (Wildman–Crippen LogP) is 1.85. The van der Waals surface area contributed by atoms with E-state index in [9.17, 15) is 4.79 Å². The van der Waals surface area contributed by atoms with Crippen LogP contribution in [-0.2, 0) is 6.54 Å². The van der Waals surface area contributed by atoms with E-state index < -0.39 is 0 Å². The summed E-state index contributed by atoms with van der Waals surface area (Å²) in [6.07, 6.45) is 0. The molecule has 0 radical (unpaired) electrons. The average molecular weight is 243 g/mol. The van der Waals surface area contributed by atoms with Gasteiger partial charge in [-0.3, -0.25) is 4.79 Å². The van der Waals surface area contributed by atoms with Crippen molar-refractivity contribution < 1.29 is 0 Å². The molecule has 1 aromatic carbocycles. The monoisotopic (exact) mass is 243 g/mol. The van der Waals surface area contributed by atoms with Crippen LogP contribution in [0.3, 0.4) is 0 Å². The van der Waals surface area contributed by atoms with Crippen molar-refractivity contribution in [3.05, 3.63) is 51.9 Å².